The van der Waals surface area contributed by atoms with Gasteiger partial charge in [-0.3, -0.25) is 9.59 Å². The van der Waals surface area contributed by atoms with Gasteiger partial charge < -0.3 is 19.7 Å². The molecule has 0 aliphatic carbocycles. The zero-order valence-electron chi connectivity index (χ0n) is 15.4. The van der Waals surface area contributed by atoms with E-state index in [-0.39, 0.29) is 23.4 Å². The second kappa shape index (κ2) is 9.14. The molecule has 0 bridgehead atoms. The number of anilines is 1. The number of hydrogen-bond donors (Lipinski definition) is 1. The molecule has 2 aliphatic heterocycles. The third-order valence-electron chi connectivity index (χ3n) is 5.16. The molecular formula is C18H28N4O4. The second-order valence-corrected chi connectivity index (χ2v) is 6.92. The minimum atomic E-state index is -0.116. The lowest BCUT2D eigenvalue weighted by Crippen LogP contribution is -2.47. The Morgan fingerprint density at radius 2 is 2.04 bits per heavy atom. The molecule has 1 aromatic heterocycles. The largest absolute Gasteiger partial charge is 0.383 e. The minimum Gasteiger partial charge on any atom is -0.383 e. The van der Waals surface area contributed by atoms with Gasteiger partial charge in [-0.25, -0.2) is 4.68 Å². The van der Waals surface area contributed by atoms with E-state index in [9.17, 15) is 9.59 Å². The molecule has 0 saturated carbocycles. The highest BCUT2D eigenvalue weighted by molar-refractivity contribution is 5.79. The van der Waals surface area contributed by atoms with Crippen LogP contribution in [0.15, 0.2) is 17.1 Å². The molecule has 3 rings (SSSR count). The van der Waals surface area contributed by atoms with Crippen molar-refractivity contribution in [1.29, 1.82) is 0 Å². The highest BCUT2D eigenvalue weighted by Gasteiger charge is 2.26. The van der Waals surface area contributed by atoms with Gasteiger partial charge in [-0.2, -0.15) is 5.10 Å². The lowest BCUT2D eigenvalue weighted by atomic mass is 9.97. The number of carbonyl (C=O) groups excluding carboxylic acids is 1. The second-order valence-electron chi connectivity index (χ2n) is 6.92. The smallest absolute Gasteiger partial charge is 0.268 e. The highest BCUT2D eigenvalue weighted by Crippen LogP contribution is 2.19. The first kappa shape index (κ1) is 18.8. The normalized spacial score (nSPS) is 19.5. The standard InChI is InChI=1S/C18H28N4O4/c1-25-11-8-22-17(23)12-16(13-19-22)21-6-2-15(3-7-21)20-18(24)14-4-9-26-10-5-14/h12-15H,2-11H2,1H3,(H,20,24). The van der Waals surface area contributed by atoms with E-state index in [0.29, 0.717) is 26.4 Å². The summed E-state index contributed by atoms with van der Waals surface area (Å²) in [5.74, 6) is 0.250. The van der Waals surface area contributed by atoms with E-state index in [2.05, 4.69) is 15.3 Å². The van der Waals surface area contributed by atoms with E-state index in [1.165, 1.54) is 4.68 Å². The first-order chi connectivity index (χ1) is 12.7. The molecule has 8 heteroatoms. The zero-order chi connectivity index (χ0) is 18.4. The fourth-order valence-corrected chi connectivity index (χ4v) is 3.50. The van der Waals surface area contributed by atoms with Crippen LogP contribution in [0.5, 0.6) is 0 Å². The van der Waals surface area contributed by atoms with Crippen LogP contribution in [0.25, 0.3) is 0 Å². The van der Waals surface area contributed by atoms with Crippen molar-refractivity contribution in [2.24, 2.45) is 5.92 Å². The van der Waals surface area contributed by atoms with Crippen LogP contribution in [-0.2, 0) is 20.8 Å². The average Bonchev–Trinajstić information content (AvgIpc) is 2.68. The lowest BCUT2D eigenvalue weighted by Gasteiger charge is -2.34. The summed E-state index contributed by atoms with van der Waals surface area (Å²) in [6, 6.07) is 1.83. The average molecular weight is 364 g/mol. The summed E-state index contributed by atoms with van der Waals surface area (Å²) < 4.78 is 11.7. The Labute approximate surface area is 153 Å². The molecule has 144 valence electrons. The summed E-state index contributed by atoms with van der Waals surface area (Å²) in [5.41, 5.74) is 0.729. The van der Waals surface area contributed by atoms with Gasteiger partial charge in [0, 0.05) is 51.4 Å². The molecule has 0 radical (unpaired) electrons. The molecule has 0 atom stereocenters. The van der Waals surface area contributed by atoms with Crippen LogP contribution in [0.2, 0.25) is 0 Å². The van der Waals surface area contributed by atoms with Gasteiger partial charge in [0.15, 0.2) is 0 Å². The molecule has 0 aromatic carbocycles. The number of hydrogen-bond acceptors (Lipinski definition) is 6. The van der Waals surface area contributed by atoms with Crippen molar-refractivity contribution in [3.05, 3.63) is 22.6 Å². The summed E-state index contributed by atoms with van der Waals surface area (Å²) >= 11 is 0. The molecule has 0 spiro atoms. The zero-order valence-corrected chi connectivity index (χ0v) is 15.4. The summed E-state index contributed by atoms with van der Waals surface area (Å²) in [6.07, 6.45) is 5.12. The number of nitrogens with one attached hydrogen (secondary N) is 1. The summed E-state index contributed by atoms with van der Waals surface area (Å²) in [5, 5.41) is 7.41. The van der Waals surface area contributed by atoms with Crippen molar-refractivity contribution < 1.29 is 14.3 Å². The van der Waals surface area contributed by atoms with Gasteiger partial charge in [-0.15, -0.1) is 0 Å². The van der Waals surface area contributed by atoms with Crippen molar-refractivity contribution in [3.8, 4) is 0 Å². The molecule has 2 fully saturated rings. The number of aromatic nitrogens is 2. The van der Waals surface area contributed by atoms with Crippen LogP contribution in [0.4, 0.5) is 5.69 Å². The van der Waals surface area contributed by atoms with Crippen LogP contribution < -0.4 is 15.8 Å². The maximum atomic E-state index is 12.3. The third-order valence-corrected chi connectivity index (χ3v) is 5.16. The van der Waals surface area contributed by atoms with Crippen molar-refractivity contribution >= 4 is 11.6 Å². The van der Waals surface area contributed by atoms with E-state index in [1.807, 2.05) is 0 Å². The maximum absolute atomic E-state index is 12.3. The quantitative estimate of drug-likeness (QED) is 0.787. The number of methoxy groups -OCH3 is 1. The number of piperidine rings is 1. The molecule has 26 heavy (non-hydrogen) atoms. The van der Waals surface area contributed by atoms with Gasteiger partial charge in [0.05, 0.1) is 25.0 Å². The Balaban J connectivity index is 1.49. The van der Waals surface area contributed by atoms with Gasteiger partial charge in [-0.05, 0) is 25.7 Å². The molecule has 1 N–H and O–H groups in total. The van der Waals surface area contributed by atoms with Crippen LogP contribution >= 0.6 is 0 Å². The molecule has 3 heterocycles. The number of ether oxygens (including phenoxy) is 2. The van der Waals surface area contributed by atoms with Gasteiger partial charge in [0.25, 0.3) is 5.56 Å². The maximum Gasteiger partial charge on any atom is 0.268 e. The van der Waals surface area contributed by atoms with E-state index >= 15 is 0 Å². The Hall–Kier alpha value is -1.93. The number of carbonyl (C=O) groups is 1. The Kier molecular flexibility index (Phi) is 6.62. The summed E-state index contributed by atoms with van der Waals surface area (Å²) in [7, 11) is 1.60. The summed E-state index contributed by atoms with van der Waals surface area (Å²) in [4.78, 5) is 26.6. The van der Waals surface area contributed by atoms with Crippen molar-refractivity contribution in [1.82, 2.24) is 15.1 Å². The van der Waals surface area contributed by atoms with Crippen molar-refractivity contribution in [3.63, 3.8) is 0 Å². The monoisotopic (exact) mass is 364 g/mol. The molecule has 2 aliphatic rings. The van der Waals surface area contributed by atoms with Gasteiger partial charge in [-0.1, -0.05) is 0 Å². The van der Waals surface area contributed by atoms with Crippen LogP contribution in [0.1, 0.15) is 25.7 Å². The Morgan fingerprint density at radius 1 is 1.31 bits per heavy atom. The van der Waals surface area contributed by atoms with E-state index in [4.69, 9.17) is 9.47 Å². The first-order valence-corrected chi connectivity index (χ1v) is 9.36. The molecule has 2 saturated heterocycles. The van der Waals surface area contributed by atoms with Crippen LogP contribution in [0, 0.1) is 5.92 Å². The molecule has 1 aromatic rings. The fraction of sp³-hybridized carbons (Fsp3) is 0.722. The predicted molar refractivity (Wildman–Crippen MR) is 97.3 cm³/mol. The minimum absolute atomic E-state index is 0.0886. The first-order valence-electron chi connectivity index (χ1n) is 9.36. The van der Waals surface area contributed by atoms with Crippen molar-refractivity contribution in [2.75, 3.05) is 44.9 Å². The van der Waals surface area contributed by atoms with Crippen LogP contribution in [0.3, 0.4) is 0 Å². The Bertz CT molecular complexity index is 649. The van der Waals surface area contributed by atoms with E-state index in [0.717, 1.165) is 44.5 Å². The van der Waals surface area contributed by atoms with Gasteiger partial charge >= 0.3 is 0 Å². The van der Waals surface area contributed by atoms with Gasteiger partial charge in [0.1, 0.15) is 0 Å². The molecule has 1 amide bonds. The third kappa shape index (κ3) is 4.82. The lowest BCUT2D eigenvalue weighted by molar-refractivity contribution is -0.128. The Morgan fingerprint density at radius 3 is 2.69 bits per heavy atom. The fourth-order valence-electron chi connectivity index (χ4n) is 3.50. The highest BCUT2D eigenvalue weighted by atomic mass is 16.5. The molecule has 0 unspecified atom stereocenters. The topological polar surface area (TPSA) is 85.7 Å². The molecular weight excluding hydrogens is 336 g/mol. The SMILES string of the molecule is COCCn1ncc(N2CCC(NC(=O)C3CCOCC3)CC2)cc1=O. The van der Waals surface area contributed by atoms with Crippen molar-refractivity contribution in [2.45, 2.75) is 38.3 Å². The number of nitrogens with zero attached hydrogens (tertiary/aromatic N) is 3. The van der Waals surface area contributed by atoms with E-state index < -0.39 is 0 Å². The summed E-state index contributed by atoms with van der Waals surface area (Å²) in [6.45, 7) is 3.89. The van der Waals surface area contributed by atoms with E-state index in [1.54, 1.807) is 19.4 Å². The number of amides is 1. The molecule has 8 nitrogen and oxygen atoms in total. The van der Waals surface area contributed by atoms with Gasteiger partial charge in [0.2, 0.25) is 5.91 Å². The predicted octanol–water partition coefficient (Wildman–Crippen LogP) is 0.401. The van der Waals surface area contributed by atoms with Crippen LogP contribution in [-0.4, -0.2) is 61.7 Å². The number of rotatable bonds is 6.